The minimum atomic E-state index is -0.333. The first-order valence-electron chi connectivity index (χ1n) is 5.08. The first kappa shape index (κ1) is 11.5. The van der Waals surface area contributed by atoms with Crippen molar-refractivity contribution in [2.24, 2.45) is 0 Å². The van der Waals surface area contributed by atoms with Crippen molar-refractivity contribution in [2.45, 2.75) is 20.3 Å². The minimum absolute atomic E-state index is 0.333. The summed E-state index contributed by atoms with van der Waals surface area (Å²) in [6.07, 6.45) is 0.826. The molecule has 0 aliphatic heterocycles. The number of rotatable bonds is 4. The molecule has 0 saturated heterocycles. The van der Waals surface area contributed by atoms with E-state index in [9.17, 15) is 4.79 Å². The molecule has 1 aromatic carbocycles. The lowest BCUT2D eigenvalue weighted by atomic mass is 10.1. The lowest BCUT2D eigenvalue weighted by molar-refractivity contribution is -0.136. The number of benzene rings is 1. The highest BCUT2D eigenvalue weighted by atomic mass is 16.5. The summed E-state index contributed by atoms with van der Waals surface area (Å²) in [6.45, 7) is 8.14. The van der Waals surface area contributed by atoms with E-state index in [0.717, 1.165) is 17.5 Å². The Balaban J connectivity index is 2.68. The van der Waals surface area contributed by atoms with Crippen molar-refractivity contribution in [3.63, 3.8) is 0 Å². The fraction of sp³-hybridized carbons (Fsp3) is 0.308. The third kappa shape index (κ3) is 3.24. The van der Waals surface area contributed by atoms with Crippen LogP contribution in [0.25, 0.3) is 5.57 Å². The van der Waals surface area contributed by atoms with Crippen LogP contribution >= 0.6 is 0 Å². The quantitative estimate of drug-likeness (QED) is 0.556. The Morgan fingerprint density at radius 2 is 1.93 bits per heavy atom. The molecular weight excluding hydrogens is 188 g/mol. The molecule has 0 N–H and O–H groups in total. The number of carbonyl (C=O) groups is 1. The maximum Gasteiger partial charge on any atom is 0.338 e. The van der Waals surface area contributed by atoms with Crippen LogP contribution in [0.3, 0.4) is 0 Å². The molecule has 15 heavy (non-hydrogen) atoms. The maximum absolute atomic E-state index is 11.5. The fourth-order valence-corrected chi connectivity index (χ4v) is 1.15. The Kier molecular flexibility index (Phi) is 4.10. The van der Waals surface area contributed by atoms with Crippen LogP contribution in [-0.4, -0.2) is 12.6 Å². The van der Waals surface area contributed by atoms with Gasteiger partial charge in [0.2, 0.25) is 0 Å². The second-order valence-electron chi connectivity index (χ2n) is 3.48. The molecule has 2 nitrogen and oxygen atoms in total. The number of aryl methyl sites for hydroxylation is 1. The van der Waals surface area contributed by atoms with Crippen molar-refractivity contribution in [3.05, 3.63) is 42.0 Å². The summed E-state index contributed by atoms with van der Waals surface area (Å²) in [6, 6.07) is 7.66. The Hall–Kier alpha value is -1.57. The van der Waals surface area contributed by atoms with E-state index in [1.54, 1.807) is 0 Å². The Morgan fingerprint density at radius 3 is 2.47 bits per heavy atom. The molecule has 0 spiro atoms. The molecule has 0 heterocycles. The lowest BCUT2D eigenvalue weighted by Gasteiger charge is -2.06. The topological polar surface area (TPSA) is 26.3 Å². The van der Waals surface area contributed by atoms with Crippen molar-refractivity contribution in [3.8, 4) is 0 Å². The average Bonchev–Trinajstić information content (AvgIpc) is 2.26. The van der Waals surface area contributed by atoms with Gasteiger partial charge >= 0.3 is 5.97 Å². The van der Waals surface area contributed by atoms with Gasteiger partial charge in [-0.3, -0.25) is 0 Å². The number of hydrogen-bond donors (Lipinski definition) is 0. The van der Waals surface area contributed by atoms with Gasteiger partial charge in [0, 0.05) is 0 Å². The summed E-state index contributed by atoms with van der Waals surface area (Å²) >= 11 is 0. The summed E-state index contributed by atoms with van der Waals surface area (Å²) in [4.78, 5) is 11.5. The van der Waals surface area contributed by atoms with Crippen LogP contribution in [0.4, 0.5) is 0 Å². The van der Waals surface area contributed by atoms with Gasteiger partial charge in [0.05, 0.1) is 12.2 Å². The number of carbonyl (C=O) groups excluding carboxylic acids is 1. The summed E-state index contributed by atoms with van der Waals surface area (Å²) in [7, 11) is 0. The highest BCUT2D eigenvalue weighted by molar-refractivity contribution is 6.15. The molecule has 0 unspecified atom stereocenters. The maximum atomic E-state index is 11.5. The second-order valence-corrected chi connectivity index (χ2v) is 3.48. The van der Waals surface area contributed by atoms with Crippen LogP contribution in [0, 0.1) is 6.92 Å². The van der Waals surface area contributed by atoms with E-state index in [4.69, 9.17) is 4.74 Å². The van der Waals surface area contributed by atoms with Crippen LogP contribution in [-0.2, 0) is 9.53 Å². The van der Waals surface area contributed by atoms with Gasteiger partial charge in [-0.1, -0.05) is 43.3 Å². The van der Waals surface area contributed by atoms with E-state index in [0.29, 0.717) is 12.2 Å². The van der Waals surface area contributed by atoms with E-state index < -0.39 is 0 Å². The van der Waals surface area contributed by atoms with Crippen LogP contribution < -0.4 is 0 Å². The van der Waals surface area contributed by atoms with E-state index >= 15 is 0 Å². The Morgan fingerprint density at radius 1 is 1.33 bits per heavy atom. The minimum Gasteiger partial charge on any atom is -0.462 e. The van der Waals surface area contributed by atoms with Gasteiger partial charge in [-0.15, -0.1) is 0 Å². The number of ether oxygens (including phenoxy) is 1. The van der Waals surface area contributed by atoms with E-state index in [2.05, 4.69) is 6.58 Å². The molecule has 0 radical (unpaired) electrons. The van der Waals surface area contributed by atoms with Crippen molar-refractivity contribution >= 4 is 11.5 Å². The third-order valence-electron chi connectivity index (χ3n) is 2.08. The van der Waals surface area contributed by atoms with Crippen LogP contribution in [0.15, 0.2) is 30.8 Å². The zero-order chi connectivity index (χ0) is 11.3. The van der Waals surface area contributed by atoms with Crippen molar-refractivity contribution in [1.82, 2.24) is 0 Å². The van der Waals surface area contributed by atoms with Crippen LogP contribution in [0.5, 0.6) is 0 Å². The Labute approximate surface area is 90.6 Å². The summed E-state index contributed by atoms with van der Waals surface area (Å²) < 4.78 is 5.00. The second kappa shape index (κ2) is 5.35. The van der Waals surface area contributed by atoms with Crippen molar-refractivity contribution in [2.75, 3.05) is 6.61 Å². The van der Waals surface area contributed by atoms with Gasteiger partial charge < -0.3 is 4.74 Å². The van der Waals surface area contributed by atoms with E-state index in [1.165, 1.54) is 0 Å². The molecule has 0 aliphatic rings. The molecule has 0 amide bonds. The monoisotopic (exact) mass is 204 g/mol. The Bertz CT molecular complexity index is 349. The first-order chi connectivity index (χ1) is 7.15. The fourth-order valence-electron chi connectivity index (χ4n) is 1.15. The van der Waals surface area contributed by atoms with Crippen molar-refractivity contribution < 1.29 is 9.53 Å². The van der Waals surface area contributed by atoms with Crippen LogP contribution in [0.2, 0.25) is 0 Å². The highest BCUT2D eigenvalue weighted by Gasteiger charge is 2.09. The molecule has 0 atom stereocenters. The molecule has 0 fully saturated rings. The molecule has 80 valence electrons. The zero-order valence-corrected chi connectivity index (χ0v) is 9.25. The van der Waals surface area contributed by atoms with Gasteiger partial charge in [0.25, 0.3) is 0 Å². The number of hydrogen-bond acceptors (Lipinski definition) is 2. The summed E-state index contributed by atoms with van der Waals surface area (Å²) in [5, 5.41) is 0. The zero-order valence-electron chi connectivity index (χ0n) is 9.25. The van der Waals surface area contributed by atoms with Gasteiger partial charge in [-0.05, 0) is 18.9 Å². The normalized spacial score (nSPS) is 9.73. The van der Waals surface area contributed by atoms with Crippen molar-refractivity contribution in [1.29, 1.82) is 0 Å². The van der Waals surface area contributed by atoms with E-state index in [-0.39, 0.29) is 5.97 Å². The van der Waals surface area contributed by atoms with Gasteiger partial charge in [-0.25, -0.2) is 4.79 Å². The van der Waals surface area contributed by atoms with Gasteiger partial charge in [0.15, 0.2) is 0 Å². The standard InChI is InChI=1S/C13H16O2/c1-4-9-15-13(14)11(3)12-7-5-10(2)6-8-12/h5-8H,3-4,9H2,1-2H3. The first-order valence-corrected chi connectivity index (χ1v) is 5.08. The molecule has 2 heteroatoms. The summed E-state index contributed by atoms with van der Waals surface area (Å²) in [5.74, 6) is -0.333. The van der Waals surface area contributed by atoms with Crippen LogP contribution in [0.1, 0.15) is 24.5 Å². The average molecular weight is 204 g/mol. The molecule has 0 bridgehead atoms. The molecular formula is C13H16O2. The van der Waals surface area contributed by atoms with Gasteiger partial charge in [-0.2, -0.15) is 0 Å². The lowest BCUT2D eigenvalue weighted by Crippen LogP contribution is -2.06. The van der Waals surface area contributed by atoms with Gasteiger partial charge in [0.1, 0.15) is 0 Å². The highest BCUT2D eigenvalue weighted by Crippen LogP contribution is 2.14. The SMILES string of the molecule is C=C(C(=O)OCCC)c1ccc(C)cc1. The molecule has 1 rings (SSSR count). The molecule has 1 aromatic rings. The largest absolute Gasteiger partial charge is 0.462 e. The smallest absolute Gasteiger partial charge is 0.338 e. The molecule has 0 saturated carbocycles. The molecule has 0 aliphatic carbocycles. The predicted octanol–water partition coefficient (Wildman–Crippen LogP) is 2.96. The predicted molar refractivity (Wildman–Crippen MR) is 61.5 cm³/mol. The van der Waals surface area contributed by atoms with E-state index in [1.807, 2.05) is 38.1 Å². The molecule has 0 aromatic heterocycles. The number of esters is 1. The summed E-state index contributed by atoms with van der Waals surface area (Å²) in [5.41, 5.74) is 2.40. The third-order valence-corrected chi connectivity index (χ3v) is 2.08.